The summed E-state index contributed by atoms with van der Waals surface area (Å²) >= 11 is 0. The number of nitrogens with one attached hydrogen (secondary N) is 1. The Labute approximate surface area is 79.0 Å². The Kier molecular flexibility index (Phi) is 2.64. The van der Waals surface area contributed by atoms with E-state index in [0.717, 1.165) is 12.8 Å². The Morgan fingerprint density at radius 1 is 1.62 bits per heavy atom. The molecule has 0 aliphatic heterocycles. The van der Waals surface area contributed by atoms with Crippen molar-refractivity contribution in [1.82, 2.24) is 4.72 Å². The van der Waals surface area contributed by atoms with Crippen LogP contribution in [0.4, 0.5) is 0 Å². The van der Waals surface area contributed by atoms with Crippen molar-refractivity contribution >= 4 is 10.0 Å². The molecule has 0 amide bonds. The van der Waals surface area contributed by atoms with Gasteiger partial charge in [0.15, 0.2) is 0 Å². The van der Waals surface area contributed by atoms with Crippen LogP contribution in [0.5, 0.6) is 0 Å². The van der Waals surface area contributed by atoms with Gasteiger partial charge in [-0.2, -0.15) is 9.98 Å². The van der Waals surface area contributed by atoms with E-state index in [1.807, 2.05) is 6.07 Å². The molecular weight excluding hydrogens is 188 g/mol. The second-order valence-corrected chi connectivity index (χ2v) is 5.60. The van der Waals surface area contributed by atoms with Crippen LogP contribution in [-0.2, 0) is 10.0 Å². The highest BCUT2D eigenvalue weighted by Crippen LogP contribution is 2.28. The molecule has 0 spiro atoms. The Balaban J connectivity index is 2.72. The summed E-state index contributed by atoms with van der Waals surface area (Å²) in [6, 6.07) is 1.98. The van der Waals surface area contributed by atoms with Gasteiger partial charge in [-0.05, 0) is 26.2 Å². The van der Waals surface area contributed by atoms with Gasteiger partial charge >= 0.3 is 0 Å². The molecule has 1 aliphatic carbocycles. The van der Waals surface area contributed by atoms with Gasteiger partial charge in [-0.1, -0.05) is 6.92 Å². The molecule has 1 fully saturated rings. The molecule has 1 N–H and O–H groups in total. The fourth-order valence-corrected chi connectivity index (χ4v) is 2.69. The number of hydrogen-bond donors (Lipinski definition) is 1. The van der Waals surface area contributed by atoms with Crippen molar-refractivity contribution in [3.8, 4) is 6.07 Å². The van der Waals surface area contributed by atoms with Gasteiger partial charge < -0.3 is 0 Å². The molecule has 0 heterocycles. The Morgan fingerprint density at radius 3 is 2.46 bits per heavy atom. The minimum absolute atomic E-state index is 0.258. The molecule has 0 radical (unpaired) electrons. The van der Waals surface area contributed by atoms with Gasteiger partial charge in [-0.3, -0.25) is 0 Å². The highest BCUT2D eigenvalue weighted by Gasteiger charge is 2.39. The molecule has 0 bridgehead atoms. The maximum absolute atomic E-state index is 11.5. The summed E-state index contributed by atoms with van der Waals surface area (Å²) in [5, 5.41) is 8.52. The van der Waals surface area contributed by atoms with Crippen molar-refractivity contribution < 1.29 is 8.42 Å². The minimum Gasteiger partial charge on any atom is -0.212 e. The van der Waals surface area contributed by atoms with Crippen LogP contribution in [-0.4, -0.2) is 19.2 Å². The third-order valence-electron chi connectivity index (χ3n) is 2.28. The zero-order valence-electron chi connectivity index (χ0n) is 7.87. The van der Waals surface area contributed by atoms with Gasteiger partial charge in [0.1, 0.15) is 5.54 Å². The fraction of sp³-hybridized carbons (Fsp3) is 0.875. The van der Waals surface area contributed by atoms with E-state index in [9.17, 15) is 8.42 Å². The Hall–Kier alpha value is -0.600. The summed E-state index contributed by atoms with van der Waals surface area (Å²) in [5.41, 5.74) is -0.943. The standard InChI is InChI=1S/C8H14N2O2S/c1-3-8(2,6-9)10-13(11,12)7-4-5-7/h7,10H,3-5H2,1-2H3. The lowest BCUT2D eigenvalue weighted by Gasteiger charge is -2.20. The largest absolute Gasteiger partial charge is 0.215 e. The van der Waals surface area contributed by atoms with Crippen LogP contribution in [0, 0.1) is 11.3 Å². The third kappa shape index (κ3) is 2.42. The molecule has 0 saturated heterocycles. The van der Waals surface area contributed by atoms with Gasteiger partial charge in [0.25, 0.3) is 0 Å². The number of hydrogen-bond acceptors (Lipinski definition) is 3. The van der Waals surface area contributed by atoms with Gasteiger partial charge in [0, 0.05) is 0 Å². The first-order valence-corrected chi connectivity index (χ1v) is 5.92. The highest BCUT2D eigenvalue weighted by molar-refractivity contribution is 7.90. The third-order valence-corrected chi connectivity index (χ3v) is 4.37. The van der Waals surface area contributed by atoms with E-state index >= 15 is 0 Å². The Bertz CT molecular complexity index is 327. The molecule has 1 aliphatic rings. The van der Waals surface area contributed by atoms with Crippen molar-refractivity contribution in [3.63, 3.8) is 0 Å². The van der Waals surface area contributed by atoms with E-state index in [1.165, 1.54) is 0 Å². The SMILES string of the molecule is CCC(C)(C#N)NS(=O)(=O)C1CC1. The van der Waals surface area contributed by atoms with Gasteiger partial charge in [0.05, 0.1) is 11.3 Å². The predicted molar refractivity (Wildman–Crippen MR) is 49.4 cm³/mol. The molecule has 13 heavy (non-hydrogen) atoms. The Morgan fingerprint density at radius 2 is 2.15 bits per heavy atom. The predicted octanol–water partition coefficient (Wildman–Crippen LogP) is 0.760. The van der Waals surface area contributed by atoms with E-state index in [1.54, 1.807) is 13.8 Å². The van der Waals surface area contributed by atoms with Crippen molar-refractivity contribution in [2.45, 2.75) is 43.9 Å². The van der Waals surface area contributed by atoms with E-state index in [2.05, 4.69) is 4.72 Å². The number of nitrogens with zero attached hydrogens (tertiary/aromatic N) is 1. The summed E-state index contributed by atoms with van der Waals surface area (Å²) in [6.07, 6.45) is 1.93. The van der Waals surface area contributed by atoms with Crippen LogP contribution < -0.4 is 4.72 Å². The zero-order valence-corrected chi connectivity index (χ0v) is 8.69. The molecular formula is C8H14N2O2S. The van der Waals surface area contributed by atoms with Crippen LogP contribution in [0.15, 0.2) is 0 Å². The zero-order chi connectivity index (χ0) is 10.1. The van der Waals surface area contributed by atoms with E-state index in [0.29, 0.717) is 6.42 Å². The molecule has 1 unspecified atom stereocenters. The summed E-state index contributed by atoms with van der Waals surface area (Å²) in [7, 11) is -3.24. The number of nitriles is 1. The fourth-order valence-electron chi connectivity index (χ4n) is 0.950. The number of sulfonamides is 1. The van der Waals surface area contributed by atoms with E-state index < -0.39 is 15.6 Å². The van der Waals surface area contributed by atoms with Crippen molar-refractivity contribution in [2.24, 2.45) is 0 Å². The average molecular weight is 202 g/mol. The highest BCUT2D eigenvalue weighted by atomic mass is 32.2. The van der Waals surface area contributed by atoms with E-state index in [-0.39, 0.29) is 5.25 Å². The second-order valence-electron chi connectivity index (χ2n) is 3.64. The molecule has 1 saturated carbocycles. The quantitative estimate of drug-likeness (QED) is 0.731. The van der Waals surface area contributed by atoms with Gasteiger partial charge in [0.2, 0.25) is 10.0 Å². The topological polar surface area (TPSA) is 70.0 Å². The van der Waals surface area contributed by atoms with Crippen LogP contribution in [0.1, 0.15) is 33.1 Å². The molecule has 74 valence electrons. The lowest BCUT2D eigenvalue weighted by molar-refractivity contribution is 0.494. The number of rotatable bonds is 4. The lowest BCUT2D eigenvalue weighted by Crippen LogP contribution is -2.45. The maximum Gasteiger partial charge on any atom is 0.215 e. The van der Waals surface area contributed by atoms with E-state index in [4.69, 9.17) is 5.26 Å². The molecule has 0 aromatic rings. The first-order valence-electron chi connectivity index (χ1n) is 4.37. The van der Waals surface area contributed by atoms with Crippen LogP contribution in [0.25, 0.3) is 0 Å². The molecule has 0 aromatic heterocycles. The second kappa shape index (κ2) is 3.28. The smallest absolute Gasteiger partial charge is 0.212 e. The summed E-state index contributed by atoms with van der Waals surface area (Å²) < 4.78 is 25.4. The monoisotopic (exact) mass is 202 g/mol. The summed E-state index contributed by atoms with van der Waals surface area (Å²) in [6.45, 7) is 3.39. The molecule has 1 atom stereocenters. The van der Waals surface area contributed by atoms with Crippen molar-refractivity contribution in [3.05, 3.63) is 0 Å². The average Bonchev–Trinajstić information content (AvgIpc) is 2.85. The molecule has 4 nitrogen and oxygen atoms in total. The molecule has 1 rings (SSSR count). The first kappa shape index (κ1) is 10.5. The van der Waals surface area contributed by atoms with Gasteiger partial charge in [-0.15, -0.1) is 0 Å². The first-order chi connectivity index (χ1) is 5.93. The van der Waals surface area contributed by atoms with Crippen molar-refractivity contribution in [1.29, 1.82) is 5.26 Å². The van der Waals surface area contributed by atoms with Crippen LogP contribution in [0.2, 0.25) is 0 Å². The van der Waals surface area contributed by atoms with Crippen LogP contribution in [0.3, 0.4) is 0 Å². The molecule has 5 heteroatoms. The van der Waals surface area contributed by atoms with Crippen molar-refractivity contribution in [2.75, 3.05) is 0 Å². The maximum atomic E-state index is 11.5. The van der Waals surface area contributed by atoms with Gasteiger partial charge in [-0.25, -0.2) is 8.42 Å². The summed E-state index contributed by atoms with van der Waals surface area (Å²) in [5.74, 6) is 0. The normalized spacial score (nSPS) is 21.9. The minimum atomic E-state index is -3.24. The van der Waals surface area contributed by atoms with Crippen LogP contribution >= 0.6 is 0 Å². The molecule has 0 aromatic carbocycles. The lowest BCUT2D eigenvalue weighted by atomic mass is 10.0. The summed E-state index contributed by atoms with van der Waals surface area (Å²) in [4.78, 5) is 0.